The molecule has 7 heteroatoms. The molecule has 1 aromatic carbocycles. The number of carbonyl (C=O) groups is 2. The number of para-hydroxylation sites is 1. The Bertz CT molecular complexity index is 557. The molecular weight excluding hydrogens is 246 g/mol. The zero-order valence-corrected chi connectivity index (χ0v) is 10.0. The number of rotatable bonds is 2. The molecular formula is C12H11N5O2. The van der Waals surface area contributed by atoms with Crippen LogP contribution in [0.1, 0.15) is 6.42 Å². The summed E-state index contributed by atoms with van der Waals surface area (Å²) < 4.78 is 0. The standard InChI is InChI=1S/C12H11N5O2/c13-15-14-8-6-10-11(18)17(12(19)16(10)7-8)9-4-2-1-3-5-9/h1-5,8,10H,6-7H2/t8-,10+/m1/s1. The molecule has 0 spiro atoms. The summed E-state index contributed by atoms with van der Waals surface area (Å²) in [5, 5.41) is 3.59. The summed E-state index contributed by atoms with van der Waals surface area (Å²) in [6.07, 6.45) is 0.401. The SMILES string of the molecule is [N-]=[N+]=N[C@@H]1C[C@H]2C(=O)N(c3ccccc3)C(=O)N2C1. The first kappa shape index (κ1) is 11.6. The van der Waals surface area contributed by atoms with E-state index in [1.54, 1.807) is 24.3 Å². The van der Waals surface area contributed by atoms with Crippen molar-refractivity contribution >= 4 is 17.6 Å². The van der Waals surface area contributed by atoms with E-state index in [4.69, 9.17) is 5.53 Å². The number of urea groups is 1. The van der Waals surface area contributed by atoms with Crippen molar-refractivity contribution in [3.05, 3.63) is 40.8 Å². The summed E-state index contributed by atoms with van der Waals surface area (Å²) in [4.78, 5) is 29.9. The molecule has 19 heavy (non-hydrogen) atoms. The van der Waals surface area contributed by atoms with Crippen molar-refractivity contribution in [1.29, 1.82) is 0 Å². The smallest absolute Gasteiger partial charge is 0.311 e. The Morgan fingerprint density at radius 1 is 1.26 bits per heavy atom. The average molecular weight is 257 g/mol. The van der Waals surface area contributed by atoms with Crippen LogP contribution in [0.2, 0.25) is 0 Å². The van der Waals surface area contributed by atoms with Gasteiger partial charge in [0.2, 0.25) is 0 Å². The van der Waals surface area contributed by atoms with Gasteiger partial charge in [0.25, 0.3) is 5.91 Å². The van der Waals surface area contributed by atoms with E-state index >= 15 is 0 Å². The molecule has 0 aliphatic carbocycles. The van der Waals surface area contributed by atoms with E-state index in [1.165, 1.54) is 9.80 Å². The molecule has 2 atom stereocenters. The fourth-order valence-electron chi connectivity index (χ4n) is 2.60. The Morgan fingerprint density at radius 2 is 2.00 bits per heavy atom. The molecule has 0 unspecified atom stereocenters. The molecule has 2 aliphatic heterocycles. The van der Waals surface area contributed by atoms with E-state index in [0.717, 1.165) is 0 Å². The van der Waals surface area contributed by atoms with Crippen LogP contribution in [0, 0.1) is 0 Å². The van der Waals surface area contributed by atoms with Crippen LogP contribution in [0.4, 0.5) is 10.5 Å². The summed E-state index contributed by atoms with van der Waals surface area (Å²) >= 11 is 0. The topological polar surface area (TPSA) is 89.4 Å². The number of fused-ring (bicyclic) bond motifs is 1. The van der Waals surface area contributed by atoms with Gasteiger partial charge >= 0.3 is 6.03 Å². The molecule has 0 aromatic heterocycles. The van der Waals surface area contributed by atoms with Gasteiger partial charge in [-0.1, -0.05) is 23.3 Å². The van der Waals surface area contributed by atoms with Gasteiger partial charge in [0, 0.05) is 11.5 Å². The largest absolute Gasteiger partial charge is 0.332 e. The fraction of sp³-hybridized carbons (Fsp3) is 0.333. The Kier molecular flexibility index (Phi) is 2.61. The summed E-state index contributed by atoms with van der Waals surface area (Å²) in [6, 6.07) is 7.70. The van der Waals surface area contributed by atoms with Crippen molar-refractivity contribution in [2.75, 3.05) is 11.4 Å². The van der Waals surface area contributed by atoms with Crippen LogP contribution in [-0.2, 0) is 4.79 Å². The molecule has 2 fully saturated rings. The zero-order chi connectivity index (χ0) is 13.4. The maximum atomic E-state index is 12.3. The predicted octanol–water partition coefficient (Wildman–Crippen LogP) is 1.91. The quantitative estimate of drug-likeness (QED) is 0.350. The van der Waals surface area contributed by atoms with E-state index in [-0.39, 0.29) is 18.0 Å². The second kappa shape index (κ2) is 4.29. The number of imide groups is 1. The summed E-state index contributed by atoms with van der Waals surface area (Å²) in [7, 11) is 0. The monoisotopic (exact) mass is 257 g/mol. The molecule has 3 amide bonds. The first-order chi connectivity index (χ1) is 9.22. The highest BCUT2D eigenvalue weighted by molar-refractivity contribution is 6.21. The van der Waals surface area contributed by atoms with E-state index in [2.05, 4.69) is 10.0 Å². The minimum atomic E-state index is -0.497. The van der Waals surface area contributed by atoms with Gasteiger partial charge in [-0.2, -0.15) is 0 Å². The Morgan fingerprint density at radius 3 is 2.63 bits per heavy atom. The van der Waals surface area contributed by atoms with Crippen LogP contribution in [0.5, 0.6) is 0 Å². The molecule has 0 N–H and O–H groups in total. The Hall–Kier alpha value is -2.53. The molecule has 0 radical (unpaired) electrons. The van der Waals surface area contributed by atoms with Gasteiger partial charge in [-0.3, -0.25) is 4.79 Å². The van der Waals surface area contributed by atoms with Gasteiger partial charge in [0.05, 0.1) is 11.7 Å². The van der Waals surface area contributed by atoms with Crippen LogP contribution in [0.25, 0.3) is 10.4 Å². The van der Waals surface area contributed by atoms with Gasteiger partial charge in [-0.05, 0) is 24.1 Å². The third kappa shape index (κ3) is 1.71. The first-order valence-electron chi connectivity index (χ1n) is 5.96. The van der Waals surface area contributed by atoms with Crippen molar-refractivity contribution in [3.8, 4) is 0 Å². The summed E-state index contributed by atoms with van der Waals surface area (Å²) in [6.45, 7) is 0.308. The molecule has 3 rings (SSSR count). The number of hydrogen-bond acceptors (Lipinski definition) is 3. The number of amides is 3. The van der Waals surface area contributed by atoms with Gasteiger partial charge in [-0.15, -0.1) is 0 Å². The lowest BCUT2D eigenvalue weighted by Crippen LogP contribution is -2.34. The predicted molar refractivity (Wildman–Crippen MR) is 67.4 cm³/mol. The lowest BCUT2D eigenvalue weighted by atomic mass is 10.1. The third-order valence-electron chi connectivity index (χ3n) is 3.45. The number of nitrogens with zero attached hydrogens (tertiary/aromatic N) is 5. The van der Waals surface area contributed by atoms with Crippen LogP contribution in [0.3, 0.4) is 0 Å². The third-order valence-corrected chi connectivity index (χ3v) is 3.45. The van der Waals surface area contributed by atoms with Gasteiger partial charge in [0.15, 0.2) is 0 Å². The minimum Gasteiger partial charge on any atom is -0.311 e. The maximum Gasteiger partial charge on any atom is 0.332 e. The molecule has 2 heterocycles. The van der Waals surface area contributed by atoms with Gasteiger partial charge < -0.3 is 4.90 Å². The van der Waals surface area contributed by atoms with Crippen LogP contribution in [-0.4, -0.2) is 35.5 Å². The molecule has 7 nitrogen and oxygen atoms in total. The van der Waals surface area contributed by atoms with E-state index in [0.29, 0.717) is 18.7 Å². The molecule has 2 aliphatic rings. The van der Waals surface area contributed by atoms with E-state index in [1.807, 2.05) is 6.07 Å². The van der Waals surface area contributed by atoms with Crippen molar-refractivity contribution in [1.82, 2.24) is 4.90 Å². The average Bonchev–Trinajstić information content (AvgIpc) is 2.92. The van der Waals surface area contributed by atoms with Crippen LogP contribution in [0.15, 0.2) is 35.4 Å². The summed E-state index contributed by atoms with van der Waals surface area (Å²) in [5.74, 6) is -0.244. The molecule has 0 bridgehead atoms. The van der Waals surface area contributed by atoms with Crippen molar-refractivity contribution < 1.29 is 9.59 Å². The minimum absolute atomic E-state index is 0.244. The highest BCUT2D eigenvalue weighted by Crippen LogP contribution is 2.32. The zero-order valence-electron chi connectivity index (χ0n) is 10.0. The number of carbonyl (C=O) groups excluding carboxylic acids is 2. The lowest BCUT2D eigenvalue weighted by molar-refractivity contribution is -0.119. The first-order valence-corrected chi connectivity index (χ1v) is 5.96. The van der Waals surface area contributed by atoms with Gasteiger partial charge in [0.1, 0.15) is 6.04 Å². The fourth-order valence-corrected chi connectivity index (χ4v) is 2.60. The molecule has 96 valence electrons. The number of benzene rings is 1. The molecule has 0 saturated carbocycles. The lowest BCUT2D eigenvalue weighted by Gasteiger charge is -2.16. The Labute approximate surface area is 109 Å². The summed E-state index contributed by atoms with van der Waals surface area (Å²) in [5.41, 5.74) is 8.99. The molecule has 2 saturated heterocycles. The normalized spacial score (nSPS) is 25.5. The molecule has 1 aromatic rings. The van der Waals surface area contributed by atoms with E-state index in [9.17, 15) is 9.59 Å². The highest BCUT2D eigenvalue weighted by atomic mass is 16.2. The number of hydrogen-bond donors (Lipinski definition) is 0. The van der Waals surface area contributed by atoms with Crippen LogP contribution >= 0.6 is 0 Å². The number of azide groups is 1. The van der Waals surface area contributed by atoms with Gasteiger partial charge in [-0.25, -0.2) is 9.69 Å². The van der Waals surface area contributed by atoms with Crippen molar-refractivity contribution in [2.45, 2.75) is 18.5 Å². The van der Waals surface area contributed by atoms with Crippen molar-refractivity contribution in [2.24, 2.45) is 5.11 Å². The van der Waals surface area contributed by atoms with Crippen molar-refractivity contribution in [3.63, 3.8) is 0 Å². The Balaban J connectivity index is 1.89. The number of anilines is 1. The second-order valence-electron chi connectivity index (χ2n) is 4.55. The van der Waals surface area contributed by atoms with Crippen LogP contribution < -0.4 is 4.90 Å². The van der Waals surface area contributed by atoms with E-state index < -0.39 is 6.04 Å². The highest BCUT2D eigenvalue weighted by Gasteiger charge is 2.50. The maximum absolute atomic E-state index is 12.3. The second-order valence-corrected chi connectivity index (χ2v) is 4.55.